The van der Waals surface area contributed by atoms with E-state index >= 15 is 0 Å². The number of aromatic nitrogens is 3. The summed E-state index contributed by atoms with van der Waals surface area (Å²) in [7, 11) is 0. The van der Waals surface area contributed by atoms with Gasteiger partial charge in [0.05, 0.1) is 11.9 Å². The summed E-state index contributed by atoms with van der Waals surface area (Å²) in [6.45, 7) is 13.0. The number of rotatable bonds is 0. The molecule has 2 aromatic rings. The molecule has 3 nitrogen and oxygen atoms in total. The van der Waals surface area contributed by atoms with E-state index in [0.29, 0.717) is 0 Å². The molecule has 96 valence electrons. The minimum absolute atomic E-state index is 0.00614. The van der Waals surface area contributed by atoms with Crippen LogP contribution in [0.1, 0.15) is 52.8 Å². The Morgan fingerprint density at radius 1 is 0.889 bits per heavy atom. The maximum atomic E-state index is 4.79. The van der Waals surface area contributed by atoms with Crippen molar-refractivity contribution in [1.29, 1.82) is 0 Å². The molecule has 0 spiro atoms. The van der Waals surface area contributed by atoms with Gasteiger partial charge < -0.3 is 0 Å². The Balaban J connectivity index is 2.74. The van der Waals surface area contributed by atoms with Crippen LogP contribution in [-0.4, -0.2) is 15.0 Å². The summed E-state index contributed by atoms with van der Waals surface area (Å²) in [6, 6.07) is 2.05. The van der Waals surface area contributed by atoms with Gasteiger partial charge in [0.25, 0.3) is 0 Å². The molecule has 0 aliphatic heterocycles. The molecular weight excluding hydrogens is 222 g/mol. The number of pyridine rings is 1. The minimum Gasteiger partial charge on any atom is -0.247 e. The third kappa shape index (κ3) is 2.35. The third-order valence-electron chi connectivity index (χ3n) is 3.02. The van der Waals surface area contributed by atoms with Crippen LogP contribution in [0, 0.1) is 0 Å². The van der Waals surface area contributed by atoms with Gasteiger partial charge in [-0.15, -0.1) is 0 Å². The molecule has 0 saturated heterocycles. The first-order valence-corrected chi connectivity index (χ1v) is 6.32. The second-order valence-electron chi connectivity index (χ2n) is 6.79. The van der Waals surface area contributed by atoms with E-state index in [1.165, 1.54) is 5.56 Å². The monoisotopic (exact) mass is 243 g/mol. The van der Waals surface area contributed by atoms with Crippen molar-refractivity contribution in [2.24, 2.45) is 0 Å². The average Bonchev–Trinajstić information content (AvgIpc) is 2.25. The van der Waals surface area contributed by atoms with Gasteiger partial charge in [-0.2, -0.15) is 0 Å². The lowest BCUT2D eigenvalue weighted by atomic mass is 9.86. The summed E-state index contributed by atoms with van der Waals surface area (Å²) in [5.41, 5.74) is 3.92. The van der Waals surface area contributed by atoms with Gasteiger partial charge in [0, 0.05) is 11.6 Å². The Morgan fingerprint density at radius 3 is 2.11 bits per heavy atom. The summed E-state index contributed by atoms with van der Waals surface area (Å²) < 4.78 is 0. The van der Waals surface area contributed by atoms with E-state index in [4.69, 9.17) is 4.98 Å². The predicted octanol–water partition coefficient (Wildman–Crippen LogP) is 3.62. The minimum atomic E-state index is 0.00614. The Hall–Kier alpha value is -1.51. The van der Waals surface area contributed by atoms with Crippen molar-refractivity contribution < 1.29 is 0 Å². The van der Waals surface area contributed by atoms with E-state index in [1.807, 2.05) is 18.5 Å². The highest BCUT2D eigenvalue weighted by Crippen LogP contribution is 2.28. The lowest BCUT2D eigenvalue weighted by Crippen LogP contribution is -2.17. The maximum absolute atomic E-state index is 4.79. The van der Waals surface area contributed by atoms with Crippen molar-refractivity contribution >= 4 is 11.2 Å². The fourth-order valence-electron chi connectivity index (χ4n) is 1.89. The van der Waals surface area contributed by atoms with Crippen LogP contribution >= 0.6 is 0 Å². The lowest BCUT2D eigenvalue weighted by molar-refractivity contribution is 0.564. The van der Waals surface area contributed by atoms with Crippen LogP contribution < -0.4 is 0 Å². The third-order valence-corrected chi connectivity index (χ3v) is 3.02. The van der Waals surface area contributed by atoms with Crippen LogP contribution in [0.25, 0.3) is 11.2 Å². The molecule has 0 radical (unpaired) electrons. The van der Waals surface area contributed by atoms with Crippen LogP contribution in [-0.2, 0) is 10.8 Å². The lowest BCUT2D eigenvalue weighted by Gasteiger charge is -2.22. The molecule has 0 aliphatic rings. The van der Waals surface area contributed by atoms with Gasteiger partial charge in [-0.1, -0.05) is 41.5 Å². The van der Waals surface area contributed by atoms with Crippen molar-refractivity contribution in [3.63, 3.8) is 0 Å². The van der Waals surface area contributed by atoms with Gasteiger partial charge in [0.1, 0.15) is 5.52 Å². The Kier molecular flexibility index (Phi) is 2.88. The molecule has 0 N–H and O–H groups in total. The molecule has 18 heavy (non-hydrogen) atoms. The molecule has 0 bridgehead atoms. The van der Waals surface area contributed by atoms with E-state index in [0.717, 1.165) is 16.9 Å². The first-order chi connectivity index (χ1) is 8.19. The van der Waals surface area contributed by atoms with Gasteiger partial charge in [0.15, 0.2) is 5.65 Å². The zero-order valence-electron chi connectivity index (χ0n) is 12.1. The van der Waals surface area contributed by atoms with Crippen molar-refractivity contribution in [3.8, 4) is 0 Å². The number of nitrogens with zero attached hydrogens (tertiary/aromatic N) is 3. The quantitative estimate of drug-likeness (QED) is 0.709. The standard InChI is InChI=1S/C15H21N3/c1-14(2,3)10-7-8-16-13-12(10)18-11(9-17-13)15(4,5)6/h7-9H,1-6H3. The van der Waals surface area contributed by atoms with Gasteiger partial charge in [-0.3, -0.25) is 0 Å². The van der Waals surface area contributed by atoms with E-state index in [9.17, 15) is 0 Å². The Labute approximate surface area is 109 Å². The summed E-state index contributed by atoms with van der Waals surface area (Å²) >= 11 is 0. The Bertz CT molecular complexity index is 574. The molecule has 0 aliphatic carbocycles. The summed E-state index contributed by atoms with van der Waals surface area (Å²) in [5, 5.41) is 0. The van der Waals surface area contributed by atoms with Crippen LogP contribution in [0.3, 0.4) is 0 Å². The van der Waals surface area contributed by atoms with Crippen molar-refractivity contribution in [1.82, 2.24) is 15.0 Å². The largest absolute Gasteiger partial charge is 0.247 e. The number of hydrogen-bond acceptors (Lipinski definition) is 3. The van der Waals surface area contributed by atoms with E-state index < -0.39 is 0 Å². The van der Waals surface area contributed by atoms with Crippen molar-refractivity contribution in [2.45, 2.75) is 52.4 Å². The smallest absolute Gasteiger partial charge is 0.178 e. The van der Waals surface area contributed by atoms with Crippen LogP contribution in [0.15, 0.2) is 18.5 Å². The molecule has 0 amide bonds. The molecule has 2 rings (SSSR count). The molecule has 0 unspecified atom stereocenters. The second-order valence-corrected chi connectivity index (χ2v) is 6.79. The topological polar surface area (TPSA) is 38.7 Å². The molecule has 2 aromatic heterocycles. The Morgan fingerprint density at radius 2 is 1.56 bits per heavy atom. The van der Waals surface area contributed by atoms with E-state index in [-0.39, 0.29) is 10.8 Å². The first kappa shape index (κ1) is 12.9. The van der Waals surface area contributed by atoms with Crippen LogP contribution in [0.4, 0.5) is 0 Å². The van der Waals surface area contributed by atoms with Gasteiger partial charge in [0.2, 0.25) is 0 Å². The van der Waals surface area contributed by atoms with Gasteiger partial charge in [-0.25, -0.2) is 15.0 Å². The maximum Gasteiger partial charge on any atom is 0.178 e. The highest BCUT2D eigenvalue weighted by atomic mass is 14.9. The van der Waals surface area contributed by atoms with Gasteiger partial charge in [-0.05, 0) is 17.0 Å². The fourth-order valence-corrected chi connectivity index (χ4v) is 1.89. The molecule has 0 atom stereocenters. The van der Waals surface area contributed by atoms with E-state index in [2.05, 4.69) is 51.5 Å². The number of fused-ring (bicyclic) bond motifs is 1. The van der Waals surface area contributed by atoms with Crippen LogP contribution in [0.2, 0.25) is 0 Å². The molecule has 0 saturated carbocycles. The number of hydrogen-bond donors (Lipinski definition) is 0. The zero-order valence-corrected chi connectivity index (χ0v) is 12.1. The summed E-state index contributed by atoms with van der Waals surface area (Å²) in [5.74, 6) is 0. The molecule has 0 fully saturated rings. The fraction of sp³-hybridized carbons (Fsp3) is 0.533. The first-order valence-electron chi connectivity index (χ1n) is 6.32. The highest BCUT2D eigenvalue weighted by molar-refractivity contribution is 5.75. The normalized spacial score (nSPS) is 13.0. The second kappa shape index (κ2) is 4.01. The average molecular weight is 243 g/mol. The summed E-state index contributed by atoms with van der Waals surface area (Å²) in [4.78, 5) is 13.5. The highest BCUT2D eigenvalue weighted by Gasteiger charge is 2.21. The molecule has 0 aromatic carbocycles. The van der Waals surface area contributed by atoms with E-state index in [1.54, 1.807) is 0 Å². The zero-order chi connectivity index (χ0) is 13.6. The van der Waals surface area contributed by atoms with Crippen molar-refractivity contribution in [3.05, 3.63) is 29.7 Å². The molecule has 2 heterocycles. The summed E-state index contributed by atoms with van der Waals surface area (Å²) in [6.07, 6.45) is 3.65. The van der Waals surface area contributed by atoms with Crippen LogP contribution in [0.5, 0.6) is 0 Å². The molecule has 3 heteroatoms. The SMILES string of the molecule is CC(C)(C)c1cnc2nccc(C(C)(C)C)c2n1. The van der Waals surface area contributed by atoms with Crippen molar-refractivity contribution in [2.75, 3.05) is 0 Å². The molecular formula is C15H21N3. The predicted molar refractivity (Wildman–Crippen MR) is 74.7 cm³/mol. The van der Waals surface area contributed by atoms with Gasteiger partial charge >= 0.3 is 0 Å².